The Morgan fingerprint density at radius 3 is 2.19 bits per heavy atom. The summed E-state index contributed by atoms with van der Waals surface area (Å²) in [6, 6.07) is 17.5. The van der Waals surface area contributed by atoms with Crippen LogP contribution in [0.3, 0.4) is 0 Å². The number of hydrogen-bond acceptors (Lipinski definition) is 7. The number of nitrogens with zero attached hydrogens (tertiary/aromatic N) is 1. The third kappa shape index (κ3) is 5.20. The van der Waals surface area contributed by atoms with Crippen LogP contribution >= 0.6 is 0 Å². The number of benzene rings is 3. The van der Waals surface area contributed by atoms with Crippen molar-refractivity contribution in [2.75, 3.05) is 33.3 Å². The lowest BCUT2D eigenvalue weighted by Gasteiger charge is -2.15. The molecule has 0 aliphatic carbocycles. The summed E-state index contributed by atoms with van der Waals surface area (Å²) in [6.07, 6.45) is 0. The average molecular weight is 490 g/mol. The molecule has 0 atom stereocenters. The van der Waals surface area contributed by atoms with Crippen molar-refractivity contribution < 1.29 is 32.9 Å². The summed E-state index contributed by atoms with van der Waals surface area (Å²) in [5.74, 6) is -0.531. The topological polar surface area (TPSA) is 96.0 Å². The van der Waals surface area contributed by atoms with Gasteiger partial charge in [0.15, 0.2) is 18.1 Å². The number of fused-ring (bicyclic) bond motifs is 1. The molecule has 0 aliphatic heterocycles. The number of amides is 1. The van der Waals surface area contributed by atoms with E-state index >= 15 is 0 Å². The molecule has 4 rings (SSSR count). The Bertz CT molecular complexity index is 1400. The Morgan fingerprint density at radius 2 is 1.56 bits per heavy atom. The van der Waals surface area contributed by atoms with Crippen LogP contribution in [0, 0.1) is 5.82 Å². The van der Waals surface area contributed by atoms with Crippen molar-refractivity contribution in [1.29, 1.82) is 0 Å². The van der Waals surface area contributed by atoms with E-state index in [1.165, 1.54) is 33.5 Å². The monoisotopic (exact) mass is 490 g/mol. The number of nitrogens with one attached hydrogen (secondary N) is 1. The molecule has 1 heterocycles. The van der Waals surface area contributed by atoms with Crippen LogP contribution in [0.25, 0.3) is 22.2 Å². The molecule has 9 heteroatoms. The molecular weight excluding hydrogens is 467 g/mol. The van der Waals surface area contributed by atoms with Gasteiger partial charge in [0.05, 0.1) is 38.1 Å². The maximum absolute atomic E-state index is 13.4. The zero-order valence-electron chi connectivity index (χ0n) is 19.8. The number of rotatable bonds is 8. The Kier molecular flexibility index (Phi) is 7.29. The van der Waals surface area contributed by atoms with E-state index in [1.807, 2.05) is 0 Å². The Balaban J connectivity index is 1.54. The molecule has 1 amide bonds. The molecule has 184 valence electrons. The van der Waals surface area contributed by atoms with Gasteiger partial charge in [-0.15, -0.1) is 0 Å². The largest absolute Gasteiger partial charge is 0.493 e. The number of para-hydroxylation sites is 1. The number of methoxy groups -OCH3 is 3. The first-order chi connectivity index (χ1) is 17.4. The van der Waals surface area contributed by atoms with Crippen LogP contribution in [0.15, 0.2) is 66.7 Å². The Hall–Kier alpha value is -4.66. The number of carbonyl (C=O) groups is 2. The molecule has 0 fully saturated rings. The summed E-state index contributed by atoms with van der Waals surface area (Å²) in [5, 5.41) is 3.22. The summed E-state index contributed by atoms with van der Waals surface area (Å²) >= 11 is 0. The number of pyridine rings is 1. The first kappa shape index (κ1) is 24.5. The number of halogens is 1. The minimum Gasteiger partial charge on any atom is -0.493 e. The number of hydrogen-bond donors (Lipinski definition) is 1. The molecule has 0 radical (unpaired) electrons. The highest BCUT2D eigenvalue weighted by molar-refractivity contribution is 6.05. The maximum atomic E-state index is 13.4. The SMILES string of the molecule is COc1cc(NC(=O)COC(=O)c2cc(-c3ccc(F)cc3)nc3ccccc23)cc(OC)c1OC. The van der Waals surface area contributed by atoms with Gasteiger partial charge in [0, 0.05) is 28.8 Å². The molecule has 0 aliphatic rings. The predicted octanol–water partition coefficient (Wildman–Crippen LogP) is 4.86. The van der Waals surface area contributed by atoms with Crippen LogP contribution in [-0.4, -0.2) is 44.8 Å². The second-order valence-electron chi connectivity index (χ2n) is 7.62. The third-order valence-electron chi connectivity index (χ3n) is 5.36. The van der Waals surface area contributed by atoms with Crippen molar-refractivity contribution in [2.45, 2.75) is 0 Å². The highest BCUT2D eigenvalue weighted by Gasteiger charge is 2.18. The molecule has 0 saturated carbocycles. The van der Waals surface area contributed by atoms with Gasteiger partial charge in [0.25, 0.3) is 5.91 Å². The van der Waals surface area contributed by atoms with E-state index in [-0.39, 0.29) is 11.4 Å². The normalized spacial score (nSPS) is 10.6. The first-order valence-electron chi connectivity index (χ1n) is 10.9. The number of anilines is 1. The van der Waals surface area contributed by atoms with Gasteiger partial charge in [-0.25, -0.2) is 14.2 Å². The molecule has 36 heavy (non-hydrogen) atoms. The average Bonchev–Trinajstić information content (AvgIpc) is 2.90. The van der Waals surface area contributed by atoms with Gasteiger partial charge < -0.3 is 24.3 Å². The van der Waals surface area contributed by atoms with Crippen molar-refractivity contribution in [3.63, 3.8) is 0 Å². The minimum atomic E-state index is -0.697. The molecule has 0 unspecified atom stereocenters. The fraction of sp³-hybridized carbons (Fsp3) is 0.148. The molecule has 0 saturated heterocycles. The first-order valence-corrected chi connectivity index (χ1v) is 10.9. The number of esters is 1. The highest BCUT2D eigenvalue weighted by Crippen LogP contribution is 2.39. The van der Waals surface area contributed by atoms with E-state index in [2.05, 4.69) is 10.3 Å². The number of carbonyl (C=O) groups excluding carboxylic acids is 2. The van der Waals surface area contributed by atoms with E-state index in [1.54, 1.807) is 54.6 Å². The van der Waals surface area contributed by atoms with Gasteiger partial charge >= 0.3 is 5.97 Å². The van der Waals surface area contributed by atoms with Crippen LogP contribution < -0.4 is 19.5 Å². The summed E-state index contributed by atoms with van der Waals surface area (Å²) < 4.78 is 34.5. The number of ether oxygens (including phenoxy) is 4. The molecular formula is C27H23FN2O6. The lowest BCUT2D eigenvalue weighted by molar-refractivity contribution is -0.119. The number of aromatic nitrogens is 1. The second-order valence-corrected chi connectivity index (χ2v) is 7.62. The quantitative estimate of drug-likeness (QED) is 0.352. The van der Waals surface area contributed by atoms with Crippen molar-refractivity contribution in [2.24, 2.45) is 0 Å². The molecule has 0 bridgehead atoms. The fourth-order valence-electron chi connectivity index (χ4n) is 3.67. The van der Waals surface area contributed by atoms with Crippen molar-refractivity contribution in [1.82, 2.24) is 4.98 Å². The second kappa shape index (κ2) is 10.7. The van der Waals surface area contributed by atoms with E-state index in [9.17, 15) is 14.0 Å². The molecule has 3 aromatic carbocycles. The lowest BCUT2D eigenvalue weighted by Crippen LogP contribution is -2.21. The van der Waals surface area contributed by atoms with Crippen molar-refractivity contribution >= 4 is 28.5 Å². The minimum absolute atomic E-state index is 0.237. The molecule has 4 aromatic rings. The maximum Gasteiger partial charge on any atom is 0.339 e. The highest BCUT2D eigenvalue weighted by atomic mass is 19.1. The predicted molar refractivity (Wildman–Crippen MR) is 132 cm³/mol. The van der Waals surface area contributed by atoms with Crippen LogP contribution in [0.4, 0.5) is 10.1 Å². The van der Waals surface area contributed by atoms with Gasteiger partial charge in [0.1, 0.15) is 5.82 Å². The molecule has 1 N–H and O–H groups in total. The van der Waals surface area contributed by atoms with Gasteiger partial charge in [-0.1, -0.05) is 18.2 Å². The van der Waals surface area contributed by atoms with Crippen LogP contribution in [-0.2, 0) is 9.53 Å². The Morgan fingerprint density at radius 1 is 0.889 bits per heavy atom. The third-order valence-corrected chi connectivity index (χ3v) is 5.36. The van der Waals surface area contributed by atoms with Gasteiger partial charge in [0.2, 0.25) is 5.75 Å². The van der Waals surface area contributed by atoms with E-state index < -0.39 is 18.5 Å². The van der Waals surface area contributed by atoms with Crippen LogP contribution in [0.5, 0.6) is 17.2 Å². The van der Waals surface area contributed by atoms with Gasteiger partial charge in [-0.05, 0) is 36.4 Å². The van der Waals surface area contributed by atoms with Crippen molar-refractivity contribution in [3.8, 4) is 28.5 Å². The van der Waals surface area contributed by atoms with E-state index in [0.29, 0.717) is 45.1 Å². The molecule has 8 nitrogen and oxygen atoms in total. The fourth-order valence-corrected chi connectivity index (χ4v) is 3.67. The smallest absolute Gasteiger partial charge is 0.339 e. The summed E-state index contributed by atoms with van der Waals surface area (Å²) in [7, 11) is 4.40. The van der Waals surface area contributed by atoms with E-state index in [4.69, 9.17) is 18.9 Å². The van der Waals surface area contributed by atoms with Crippen LogP contribution in [0.2, 0.25) is 0 Å². The van der Waals surface area contributed by atoms with Gasteiger partial charge in [-0.2, -0.15) is 0 Å². The zero-order chi connectivity index (χ0) is 25.7. The Labute approximate surface area is 206 Å². The summed E-state index contributed by atoms with van der Waals surface area (Å²) in [5.41, 5.74) is 2.28. The van der Waals surface area contributed by atoms with Crippen molar-refractivity contribution in [3.05, 3.63) is 78.1 Å². The summed E-state index contributed by atoms with van der Waals surface area (Å²) in [4.78, 5) is 30.1. The molecule has 1 aromatic heterocycles. The molecule has 0 spiro atoms. The van der Waals surface area contributed by atoms with E-state index in [0.717, 1.165) is 0 Å². The standard InChI is InChI=1S/C27H23FN2O6/c1-33-23-12-18(13-24(34-2)26(23)35-3)29-25(31)15-36-27(32)20-14-22(16-8-10-17(28)11-9-16)30-21-7-5-4-6-19(20)21/h4-14H,15H2,1-3H3,(H,29,31). The summed E-state index contributed by atoms with van der Waals surface area (Å²) in [6.45, 7) is -0.530. The van der Waals surface area contributed by atoms with Gasteiger partial charge in [-0.3, -0.25) is 4.79 Å². The lowest BCUT2D eigenvalue weighted by atomic mass is 10.0. The van der Waals surface area contributed by atoms with Crippen LogP contribution in [0.1, 0.15) is 10.4 Å². The zero-order valence-corrected chi connectivity index (χ0v) is 19.8.